The molecule has 0 spiro atoms. The van der Waals surface area contributed by atoms with Crippen LogP contribution in [0.1, 0.15) is 17.5 Å². The summed E-state index contributed by atoms with van der Waals surface area (Å²) in [5.41, 5.74) is 1.67. The predicted molar refractivity (Wildman–Crippen MR) is 105 cm³/mol. The summed E-state index contributed by atoms with van der Waals surface area (Å²) >= 11 is 0. The van der Waals surface area contributed by atoms with Gasteiger partial charge >= 0.3 is 6.03 Å². The molecule has 0 aromatic heterocycles. The maximum absolute atomic E-state index is 12.6. The number of carbonyl (C=O) groups excluding carboxylic acids is 3. The highest BCUT2D eigenvalue weighted by molar-refractivity contribution is 6.05. The third kappa shape index (κ3) is 5.04. The molecule has 2 aromatic rings. The van der Waals surface area contributed by atoms with E-state index in [0.717, 1.165) is 10.5 Å². The molecule has 8 heteroatoms. The van der Waals surface area contributed by atoms with Gasteiger partial charge in [-0.3, -0.25) is 14.5 Å². The number of hydrogen-bond donors (Lipinski definition) is 3. The van der Waals surface area contributed by atoms with Crippen LogP contribution in [-0.4, -0.2) is 47.5 Å². The summed E-state index contributed by atoms with van der Waals surface area (Å²) in [6.07, 6.45) is 0.472. The molecule has 3 N–H and O–H groups in total. The SMILES string of the molecule is COc1ccccc1CN1C(=O)NC(CC(=O)NCCc2ccc(O)cc2)C1=O. The summed E-state index contributed by atoms with van der Waals surface area (Å²) in [7, 11) is 1.52. The molecule has 1 aliphatic heterocycles. The van der Waals surface area contributed by atoms with Crippen LogP contribution >= 0.6 is 0 Å². The minimum absolute atomic E-state index is 0.0770. The van der Waals surface area contributed by atoms with Gasteiger partial charge in [-0.15, -0.1) is 0 Å². The van der Waals surface area contributed by atoms with Crippen LogP contribution in [0, 0.1) is 0 Å². The molecule has 1 heterocycles. The third-order valence-corrected chi connectivity index (χ3v) is 4.69. The van der Waals surface area contributed by atoms with Crippen LogP contribution in [0.4, 0.5) is 4.79 Å². The van der Waals surface area contributed by atoms with Crippen molar-refractivity contribution in [1.82, 2.24) is 15.5 Å². The van der Waals surface area contributed by atoms with Crippen LogP contribution in [0.15, 0.2) is 48.5 Å². The monoisotopic (exact) mass is 397 g/mol. The molecule has 0 radical (unpaired) electrons. The Balaban J connectivity index is 1.51. The number of aromatic hydroxyl groups is 1. The number of ether oxygens (including phenoxy) is 1. The Hall–Kier alpha value is -3.55. The number of para-hydroxylation sites is 1. The summed E-state index contributed by atoms with van der Waals surface area (Å²) in [6, 6.07) is 12.5. The molecule has 1 saturated heterocycles. The van der Waals surface area contributed by atoms with Gasteiger partial charge in [-0.05, 0) is 30.2 Å². The summed E-state index contributed by atoms with van der Waals surface area (Å²) in [4.78, 5) is 38.0. The summed E-state index contributed by atoms with van der Waals surface area (Å²) in [5.74, 6) is 0.0191. The van der Waals surface area contributed by atoms with Gasteiger partial charge in [-0.1, -0.05) is 30.3 Å². The first-order chi connectivity index (χ1) is 14.0. The number of rotatable bonds is 8. The van der Waals surface area contributed by atoms with Crippen LogP contribution < -0.4 is 15.4 Å². The Labute approximate surface area is 168 Å². The highest BCUT2D eigenvalue weighted by Crippen LogP contribution is 2.21. The molecule has 8 nitrogen and oxygen atoms in total. The molecule has 152 valence electrons. The predicted octanol–water partition coefficient (Wildman–Crippen LogP) is 1.57. The Morgan fingerprint density at radius 2 is 1.90 bits per heavy atom. The average Bonchev–Trinajstić information content (AvgIpc) is 2.97. The van der Waals surface area contributed by atoms with Crippen molar-refractivity contribution in [1.29, 1.82) is 0 Å². The molecule has 1 aliphatic rings. The number of phenolic OH excluding ortho intramolecular Hbond substituents is 1. The van der Waals surface area contributed by atoms with Crippen molar-refractivity contribution in [2.45, 2.75) is 25.4 Å². The smallest absolute Gasteiger partial charge is 0.325 e. The second-order valence-corrected chi connectivity index (χ2v) is 6.71. The average molecular weight is 397 g/mol. The minimum atomic E-state index is -0.883. The van der Waals surface area contributed by atoms with Gasteiger partial charge in [0.25, 0.3) is 5.91 Å². The molecule has 0 aliphatic carbocycles. The van der Waals surface area contributed by atoms with Crippen LogP contribution in [0.3, 0.4) is 0 Å². The Morgan fingerprint density at radius 1 is 1.17 bits per heavy atom. The maximum atomic E-state index is 12.6. The second-order valence-electron chi connectivity index (χ2n) is 6.71. The lowest BCUT2D eigenvalue weighted by Crippen LogP contribution is -2.37. The number of imide groups is 1. The number of nitrogens with one attached hydrogen (secondary N) is 2. The molecule has 1 fully saturated rings. The van der Waals surface area contributed by atoms with Gasteiger partial charge in [0.2, 0.25) is 5.91 Å². The largest absolute Gasteiger partial charge is 0.508 e. The molecule has 0 saturated carbocycles. The normalized spacial score (nSPS) is 15.9. The Morgan fingerprint density at radius 3 is 2.62 bits per heavy atom. The van der Waals surface area contributed by atoms with E-state index in [1.807, 2.05) is 0 Å². The van der Waals surface area contributed by atoms with Crippen LogP contribution in [0.2, 0.25) is 0 Å². The van der Waals surface area contributed by atoms with Crippen molar-refractivity contribution in [3.8, 4) is 11.5 Å². The van der Waals surface area contributed by atoms with Crippen molar-refractivity contribution in [2.75, 3.05) is 13.7 Å². The second kappa shape index (κ2) is 9.09. The number of phenols is 1. The van der Waals surface area contributed by atoms with E-state index in [1.165, 1.54) is 7.11 Å². The standard InChI is InChI=1S/C21H23N3O5/c1-29-18-5-3-2-4-15(18)13-24-20(27)17(23-21(24)28)12-19(26)22-11-10-14-6-8-16(25)9-7-14/h2-9,17,25H,10-13H2,1H3,(H,22,26)(H,23,28). The molecular weight excluding hydrogens is 374 g/mol. The zero-order valence-corrected chi connectivity index (χ0v) is 16.1. The van der Waals surface area contributed by atoms with E-state index in [-0.39, 0.29) is 24.6 Å². The molecule has 29 heavy (non-hydrogen) atoms. The molecule has 2 aromatic carbocycles. The van der Waals surface area contributed by atoms with E-state index in [0.29, 0.717) is 24.3 Å². The third-order valence-electron chi connectivity index (χ3n) is 4.69. The van der Waals surface area contributed by atoms with Gasteiger partial charge in [0.05, 0.1) is 20.1 Å². The molecule has 3 rings (SSSR count). The van der Waals surface area contributed by atoms with Crippen LogP contribution in [0.5, 0.6) is 11.5 Å². The fraction of sp³-hybridized carbons (Fsp3) is 0.286. The summed E-state index contributed by atoms with van der Waals surface area (Å²) < 4.78 is 5.26. The minimum Gasteiger partial charge on any atom is -0.508 e. The number of nitrogens with zero attached hydrogens (tertiary/aromatic N) is 1. The number of urea groups is 1. The van der Waals surface area contributed by atoms with Crippen LogP contribution in [0.25, 0.3) is 0 Å². The molecular formula is C21H23N3O5. The van der Waals surface area contributed by atoms with Crippen molar-refractivity contribution in [3.63, 3.8) is 0 Å². The van der Waals surface area contributed by atoms with Gasteiger partial charge in [-0.2, -0.15) is 0 Å². The lowest BCUT2D eigenvalue weighted by molar-refractivity contribution is -0.131. The van der Waals surface area contributed by atoms with E-state index in [1.54, 1.807) is 48.5 Å². The number of amides is 4. The van der Waals surface area contributed by atoms with E-state index >= 15 is 0 Å². The van der Waals surface area contributed by atoms with Crippen molar-refractivity contribution < 1.29 is 24.2 Å². The number of carbonyl (C=O) groups is 3. The zero-order valence-electron chi connectivity index (χ0n) is 16.1. The molecule has 4 amide bonds. The Bertz CT molecular complexity index is 897. The van der Waals surface area contributed by atoms with E-state index in [9.17, 15) is 19.5 Å². The zero-order chi connectivity index (χ0) is 20.8. The number of benzene rings is 2. The topological polar surface area (TPSA) is 108 Å². The summed E-state index contributed by atoms with van der Waals surface area (Å²) in [6.45, 7) is 0.469. The number of methoxy groups -OCH3 is 1. The highest BCUT2D eigenvalue weighted by Gasteiger charge is 2.39. The van der Waals surface area contributed by atoms with Gasteiger partial charge < -0.3 is 20.5 Å². The van der Waals surface area contributed by atoms with Crippen LogP contribution in [-0.2, 0) is 22.6 Å². The van der Waals surface area contributed by atoms with Gasteiger partial charge in [-0.25, -0.2) is 4.79 Å². The number of hydrogen-bond acceptors (Lipinski definition) is 5. The maximum Gasteiger partial charge on any atom is 0.325 e. The fourth-order valence-corrected chi connectivity index (χ4v) is 3.14. The molecule has 0 bridgehead atoms. The fourth-order valence-electron chi connectivity index (χ4n) is 3.14. The lowest BCUT2D eigenvalue weighted by Gasteiger charge is -2.15. The van der Waals surface area contributed by atoms with Gasteiger partial charge in [0, 0.05) is 12.1 Å². The first-order valence-electron chi connectivity index (χ1n) is 9.26. The lowest BCUT2D eigenvalue weighted by atomic mass is 10.1. The highest BCUT2D eigenvalue weighted by atomic mass is 16.5. The van der Waals surface area contributed by atoms with Gasteiger partial charge in [0.15, 0.2) is 0 Å². The summed E-state index contributed by atoms with van der Waals surface area (Å²) in [5, 5.41) is 14.6. The van der Waals surface area contributed by atoms with Crippen molar-refractivity contribution >= 4 is 17.8 Å². The van der Waals surface area contributed by atoms with E-state index < -0.39 is 18.0 Å². The Kier molecular flexibility index (Phi) is 6.33. The van der Waals surface area contributed by atoms with Crippen molar-refractivity contribution in [2.24, 2.45) is 0 Å². The first-order valence-corrected chi connectivity index (χ1v) is 9.26. The molecule has 1 atom stereocenters. The van der Waals surface area contributed by atoms with E-state index in [4.69, 9.17) is 4.74 Å². The van der Waals surface area contributed by atoms with Gasteiger partial charge in [0.1, 0.15) is 17.5 Å². The van der Waals surface area contributed by atoms with Crippen molar-refractivity contribution in [3.05, 3.63) is 59.7 Å². The quantitative estimate of drug-likeness (QED) is 0.586. The first kappa shape index (κ1) is 20.2. The molecule has 1 unspecified atom stereocenters. The van der Waals surface area contributed by atoms with E-state index in [2.05, 4.69) is 10.6 Å².